The summed E-state index contributed by atoms with van der Waals surface area (Å²) in [7, 11) is 1.67. The molecule has 0 heterocycles. The molecule has 0 saturated carbocycles. The molecule has 4 aromatic carbocycles. The Morgan fingerprint density at radius 3 is 2.00 bits per heavy atom. The minimum atomic E-state index is 0.776. The Bertz CT molecular complexity index is 996. The van der Waals surface area contributed by atoms with Crippen LogP contribution in [-0.2, 0) is 0 Å². The second-order valence-electron chi connectivity index (χ2n) is 5.66. The summed E-state index contributed by atoms with van der Waals surface area (Å²) >= 11 is 0. The summed E-state index contributed by atoms with van der Waals surface area (Å²) in [4.78, 5) is 4.70. The van der Waals surface area contributed by atoms with Crippen molar-refractivity contribution in [1.82, 2.24) is 0 Å². The normalized spacial score (nSPS) is 11.4. The summed E-state index contributed by atoms with van der Waals surface area (Å²) in [5, 5.41) is 4.85. The Hall–Kier alpha value is -3.13. The zero-order valence-electron chi connectivity index (χ0n) is 13.4. The predicted molar refractivity (Wildman–Crippen MR) is 102 cm³/mol. The molecule has 0 saturated heterocycles. The van der Waals surface area contributed by atoms with Gasteiger partial charge in [0.15, 0.2) is 0 Å². The largest absolute Gasteiger partial charge is 0.494 e. The van der Waals surface area contributed by atoms with E-state index >= 15 is 0 Å². The van der Waals surface area contributed by atoms with Gasteiger partial charge in [0, 0.05) is 11.8 Å². The lowest BCUT2D eigenvalue weighted by atomic mass is 9.97. The number of hydrogen-bond acceptors (Lipinski definition) is 2. The Labute approximate surface area is 141 Å². The van der Waals surface area contributed by atoms with E-state index < -0.39 is 0 Å². The maximum Gasteiger partial charge on any atom is 0.144 e. The van der Waals surface area contributed by atoms with Crippen molar-refractivity contribution in [2.45, 2.75) is 0 Å². The van der Waals surface area contributed by atoms with Gasteiger partial charge in [-0.05, 0) is 39.7 Å². The third kappa shape index (κ3) is 2.52. The van der Waals surface area contributed by atoms with E-state index in [1.165, 1.54) is 21.5 Å². The number of hydrogen-bond donors (Lipinski definition) is 0. The summed E-state index contributed by atoms with van der Waals surface area (Å²) in [5.74, 6) is 0.776. The highest BCUT2D eigenvalue weighted by molar-refractivity contribution is 6.13. The molecule has 116 valence electrons. The number of methoxy groups -OCH3 is 1. The van der Waals surface area contributed by atoms with Gasteiger partial charge < -0.3 is 4.74 Å². The average molecular weight is 311 g/mol. The van der Waals surface area contributed by atoms with Crippen LogP contribution in [0.5, 0.6) is 5.75 Å². The summed E-state index contributed by atoms with van der Waals surface area (Å²) in [6.45, 7) is 0. The monoisotopic (exact) mass is 311 g/mol. The van der Waals surface area contributed by atoms with Gasteiger partial charge in [0.1, 0.15) is 11.4 Å². The molecule has 0 unspecified atom stereocenters. The molecule has 4 rings (SSSR count). The van der Waals surface area contributed by atoms with Gasteiger partial charge in [-0.15, -0.1) is 0 Å². The molecule has 0 aromatic heterocycles. The topological polar surface area (TPSA) is 21.6 Å². The van der Waals surface area contributed by atoms with Crippen molar-refractivity contribution < 1.29 is 4.74 Å². The van der Waals surface area contributed by atoms with Gasteiger partial charge in [0.2, 0.25) is 0 Å². The van der Waals surface area contributed by atoms with E-state index in [4.69, 9.17) is 9.73 Å². The molecule has 0 N–H and O–H groups in total. The SMILES string of the molecule is COc1ccccc1N=Cc1c2ccccc2cc2ccccc12. The lowest BCUT2D eigenvalue weighted by Crippen LogP contribution is -1.89. The van der Waals surface area contributed by atoms with Crippen molar-refractivity contribution in [3.05, 3.63) is 84.4 Å². The molecule has 4 aromatic rings. The van der Waals surface area contributed by atoms with Crippen molar-refractivity contribution in [2.75, 3.05) is 7.11 Å². The molecule has 0 spiro atoms. The van der Waals surface area contributed by atoms with E-state index in [0.29, 0.717) is 0 Å². The Balaban J connectivity index is 1.95. The first-order valence-electron chi connectivity index (χ1n) is 7.94. The average Bonchev–Trinajstić information content (AvgIpc) is 2.65. The second kappa shape index (κ2) is 6.17. The van der Waals surface area contributed by atoms with Crippen LogP contribution in [0.4, 0.5) is 5.69 Å². The first kappa shape index (κ1) is 14.5. The molecule has 0 bridgehead atoms. The third-order valence-electron chi connectivity index (χ3n) is 4.23. The summed E-state index contributed by atoms with van der Waals surface area (Å²) in [5.41, 5.74) is 1.96. The smallest absolute Gasteiger partial charge is 0.144 e. The second-order valence-corrected chi connectivity index (χ2v) is 5.66. The standard InChI is InChI=1S/C22H17NO/c1-24-22-13-7-6-12-21(22)23-15-20-18-10-4-2-8-16(18)14-17-9-3-5-11-19(17)20/h2-15H,1H3. The molecular formula is C22H17NO. The van der Waals surface area contributed by atoms with E-state index in [2.05, 4.69) is 54.6 Å². The van der Waals surface area contributed by atoms with Crippen molar-refractivity contribution in [3.63, 3.8) is 0 Å². The van der Waals surface area contributed by atoms with Crippen molar-refractivity contribution >= 4 is 33.4 Å². The minimum absolute atomic E-state index is 0.776. The molecule has 0 amide bonds. The zero-order valence-corrected chi connectivity index (χ0v) is 13.4. The van der Waals surface area contributed by atoms with Crippen LogP contribution in [0.3, 0.4) is 0 Å². The number of ether oxygens (including phenoxy) is 1. The van der Waals surface area contributed by atoms with Crippen LogP contribution in [0.1, 0.15) is 5.56 Å². The van der Waals surface area contributed by atoms with E-state index in [1.54, 1.807) is 7.11 Å². The number of nitrogens with zero attached hydrogens (tertiary/aromatic N) is 1. The van der Waals surface area contributed by atoms with Gasteiger partial charge in [-0.1, -0.05) is 60.7 Å². The van der Waals surface area contributed by atoms with Crippen molar-refractivity contribution in [2.24, 2.45) is 4.99 Å². The number of rotatable bonds is 3. The van der Waals surface area contributed by atoms with Gasteiger partial charge >= 0.3 is 0 Å². The molecule has 0 aliphatic rings. The highest BCUT2D eigenvalue weighted by Gasteiger charge is 2.06. The molecule has 24 heavy (non-hydrogen) atoms. The first-order chi connectivity index (χ1) is 11.9. The first-order valence-corrected chi connectivity index (χ1v) is 7.94. The van der Waals surface area contributed by atoms with Crippen LogP contribution < -0.4 is 4.74 Å². The molecule has 0 atom stereocenters. The Morgan fingerprint density at radius 1 is 0.750 bits per heavy atom. The third-order valence-corrected chi connectivity index (χ3v) is 4.23. The maximum atomic E-state index is 5.39. The van der Waals surface area contributed by atoms with Gasteiger partial charge in [-0.2, -0.15) is 0 Å². The fraction of sp³-hybridized carbons (Fsp3) is 0.0455. The van der Waals surface area contributed by atoms with E-state index in [0.717, 1.165) is 17.0 Å². The quantitative estimate of drug-likeness (QED) is 0.348. The molecule has 0 fully saturated rings. The maximum absolute atomic E-state index is 5.39. The number of aliphatic imine (C=N–C) groups is 1. The Kier molecular flexibility index (Phi) is 3.72. The number of fused-ring (bicyclic) bond motifs is 2. The van der Waals surface area contributed by atoms with Crippen molar-refractivity contribution in [1.29, 1.82) is 0 Å². The zero-order chi connectivity index (χ0) is 16.4. The van der Waals surface area contributed by atoms with Crippen LogP contribution >= 0.6 is 0 Å². The fourth-order valence-corrected chi connectivity index (χ4v) is 3.06. The van der Waals surface area contributed by atoms with Gasteiger partial charge in [0.05, 0.1) is 7.11 Å². The molecular weight excluding hydrogens is 294 g/mol. The highest BCUT2D eigenvalue weighted by Crippen LogP contribution is 2.30. The highest BCUT2D eigenvalue weighted by atomic mass is 16.5. The summed E-state index contributed by atoms with van der Waals surface area (Å²) in [6, 6.07) is 26.9. The predicted octanol–water partition coefficient (Wildman–Crippen LogP) is 5.75. The number of benzene rings is 4. The molecule has 2 heteroatoms. The van der Waals surface area contributed by atoms with Crippen molar-refractivity contribution in [3.8, 4) is 5.75 Å². The van der Waals surface area contributed by atoms with Gasteiger partial charge in [-0.3, -0.25) is 4.99 Å². The summed E-state index contributed by atoms with van der Waals surface area (Å²) in [6.07, 6.45) is 1.95. The van der Waals surface area contributed by atoms with E-state index in [-0.39, 0.29) is 0 Å². The van der Waals surface area contributed by atoms with Crippen LogP contribution in [0.15, 0.2) is 83.9 Å². The van der Waals surface area contributed by atoms with E-state index in [9.17, 15) is 0 Å². The minimum Gasteiger partial charge on any atom is -0.494 e. The van der Waals surface area contributed by atoms with Crippen LogP contribution in [0, 0.1) is 0 Å². The Morgan fingerprint density at radius 2 is 1.33 bits per heavy atom. The van der Waals surface area contributed by atoms with Crippen LogP contribution in [-0.4, -0.2) is 13.3 Å². The van der Waals surface area contributed by atoms with Crippen LogP contribution in [0.25, 0.3) is 21.5 Å². The van der Waals surface area contributed by atoms with Crippen LogP contribution in [0.2, 0.25) is 0 Å². The van der Waals surface area contributed by atoms with E-state index in [1.807, 2.05) is 30.5 Å². The molecule has 0 aliphatic carbocycles. The summed E-state index contributed by atoms with van der Waals surface area (Å²) < 4.78 is 5.39. The molecule has 2 nitrogen and oxygen atoms in total. The van der Waals surface area contributed by atoms with Gasteiger partial charge in [0.25, 0.3) is 0 Å². The fourth-order valence-electron chi connectivity index (χ4n) is 3.06. The van der Waals surface area contributed by atoms with Gasteiger partial charge in [-0.25, -0.2) is 0 Å². The molecule has 0 radical (unpaired) electrons. The molecule has 0 aliphatic heterocycles. The number of para-hydroxylation sites is 2. The lowest BCUT2D eigenvalue weighted by molar-refractivity contribution is 0.416. The lowest BCUT2D eigenvalue weighted by Gasteiger charge is -2.08.